The molecule has 26 heavy (non-hydrogen) atoms. The van der Waals surface area contributed by atoms with Crippen LogP contribution in [-0.4, -0.2) is 20.6 Å². The van der Waals surface area contributed by atoms with Crippen molar-refractivity contribution in [3.05, 3.63) is 28.9 Å². The van der Waals surface area contributed by atoms with Crippen molar-refractivity contribution in [3.8, 4) is 0 Å². The van der Waals surface area contributed by atoms with E-state index < -0.39 is 0 Å². The molecule has 6 heteroatoms. The van der Waals surface area contributed by atoms with E-state index in [9.17, 15) is 4.79 Å². The summed E-state index contributed by atoms with van der Waals surface area (Å²) in [5, 5.41) is 4.37. The fourth-order valence-electron chi connectivity index (χ4n) is 2.87. The number of fused-ring (bicyclic) bond motifs is 3. The van der Waals surface area contributed by atoms with Gasteiger partial charge in [-0.3, -0.25) is 9.36 Å². The van der Waals surface area contributed by atoms with Crippen molar-refractivity contribution in [2.75, 3.05) is 5.32 Å². The largest absolute Gasteiger partial charge is 0.382 e. The molecule has 0 amide bonds. The molecular formula is C20H30N4OS. The lowest BCUT2D eigenvalue weighted by molar-refractivity contribution is 0.484. The summed E-state index contributed by atoms with van der Waals surface area (Å²) in [5.41, 5.74) is 1.78. The van der Waals surface area contributed by atoms with E-state index in [-0.39, 0.29) is 11.6 Å². The highest BCUT2D eigenvalue weighted by Crippen LogP contribution is 2.34. The first kappa shape index (κ1) is 20.4. The third kappa shape index (κ3) is 4.23. The van der Waals surface area contributed by atoms with Gasteiger partial charge in [-0.15, -0.1) is 11.3 Å². The first-order chi connectivity index (χ1) is 12.4. The Bertz CT molecular complexity index is 913. The molecule has 0 saturated heterocycles. The van der Waals surface area contributed by atoms with Crippen molar-refractivity contribution in [2.45, 2.75) is 72.9 Å². The van der Waals surface area contributed by atoms with E-state index in [2.05, 4.69) is 56.8 Å². The maximum absolute atomic E-state index is 12.8. The van der Waals surface area contributed by atoms with Crippen molar-refractivity contribution in [1.29, 1.82) is 0 Å². The highest BCUT2D eigenvalue weighted by Gasteiger charge is 2.17. The summed E-state index contributed by atoms with van der Waals surface area (Å²) in [4.78, 5) is 22.7. The zero-order valence-corrected chi connectivity index (χ0v) is 17.5. The lowest BCUT2D eigenvalue weighted by atomic mass is 10.2. The minimum absolute atomic E-state index is 0.0365. The van der Waals surface area contributed by atoms with Crippen LogP contribution < -0.4 is 10.9 Å². The second-order valence-electron chi connectivity index (χ2n) is 6.92. The van der Waals surface area contributed by atoms with Gasteiger partial charge >= 0.3 is 0 Å². The van der Waals surface area contributed by atoms with E-state index in [4.69, 9.17) is 0 Å². The lowest BCUT2D eigenvalue weighted by Gasteiger charge is -2.13. The van der Waals surface area contributed by atoms with Crippen molar-refractivity contribution in [2.24, 2.45) is 0 Å². The second-order valence-corrected chi connectivity index (χ2v) is 7.92. The number of rotatable bonds is 5. The van der Waals surface area contributed by atoms with Crippen LogP contribution in [0.15, 0.2) is 23.4 Å². The van der Waals surface area contributed by atoms with Gasteiger partial charge in [0.15, 0.2) is 0 Å². The molecule has 3 heterocycles. The highest BCUT2D eigenvalue weighted by molar-refractivity contribution is 7.25. The molecule has 3 rings (SSSR count). The topological polar surface area (TPSA) is 59.8 Å². The van der Waals surface area contributed by atoms with Crippen LogP contribution in [0, 0.1) is 0 Å². The fourth-order valence-corrected chi connectivity index (χ4v) is 3.93. The molecule has 0 saturated carbocycles. The Balaban J connectivity index is 0.000000758. The van der Waals surface area contributed by atoms with E-state index in [1.807, 2.05) is 6.07 Å². The Morgan fingerprint density at radius 1 is 1.19 bits per heavy atom. The number of thiophene rings is 1. The molecule has 0 aliphatic carbocycles. The van der Waals surface area contributed by atoms with Crippen LogP contribution >= 0.6 is 11.3 Å². The molecule has 0 bridgehead atoms. The predicted molar refractivity (Wildman–Crippen MR) is 114 cm³/mol. The summed E-state index contributed by atoms with van der Waals surface area (Å²) in [5.74, 6) is 0. The fraction of sp³-hybridized carbons (Fsp3) is 0.550. The quantitative estimate of drug-likeness (QED) is 0.631. The van der Waals surface area contributed by atoms with Crippen LogP contribution in [0.1, 0.15) is 66.8 Å². The van der Waals surface area contributed by atoms with Gasteiger partial charge in [0.2, 0.25) is 0 Å². The summed E-state index contributed by atoms with van der Waals surface area (Å²) >= 11 is 1.43. The van der Waals surface area contributed by atoms with Gasteiger partial charge in [-0.1, -0.05) is 33.6 Å². The van der Waals surface area contributed by atoms with E-state index in [1.165, 1.54) is 17.8 Å². The van der Waals surface area contributed by atoms with Gasteiger partial charge in [0.25, 0.3) is 5.56 Å². The molecule has 0 aromatic carbocycles. The van der Waals surface area contributed by atoms with Gasteiger partial charge in [0.1, 0.15) is 9.53 Å². The third-order valence-corrected chi connectivity index (χ3v) is 5.01. The highest BCUT2D eigenvalue weighted by atomic mass is 32.1. The summed E-state index contributed by atoms with van der Waals surface area (Å²) in [6.07, 6.45) is 6.72. The van der Waals surface area contributed by atoms with Crippen LogP contribution in [0.3, 0.4) is 0 Å². The Morgan fingerprint density at radius 2 is 1.88 bits per heavy atom. The summed E-state index contributed by atoms with van der Waals surface area (Å²) < 4.78 is 2.44. The molecule has 0 aliphatic heterocycles. The minimum Gasteiger partial charge on any atom is -0.382 e. The number of aromatic nitrogens is 3. The predicted octanol–water partition coefficient (Wildman–Crippen LogP) is 5.60. The monoisotopic (exact) mass is 374 g/mol. The number of hydrogen-bond donors (Lipinski definition) is 1. The Labute approximate surface area is 159 Å². The molecule has 1 N–H and O–H groups in total. The molecule has 1 atom stereocenters. The molecule has 3 aromatic heterocycles. The van der Waals surface area contributed by atoms with Crippen LogP contribution in [0.25, 0.3) is 20.4 Å². The number of nitrogens with one attached hydrogen (secondary N) is 1. The van der Waals surface area contributed by atoms with Gasteiger partial charge in [0.05, 0.1) is 17.2 Å². The first-order valence-electron chi connectivity index (χ1n) is 9.49. The van der Waals surface area contributed by atoms with Crippen molar-refractivity contribution in [3.63, 3.8) is 0 Å². The molecule has 0 fully saturated rings. The lowest BCUT2D eigenvalue weighted by Crippen LogP contribution is -2.22. The molecule has 3 aromatic rings. The first-order valence-corrected chi connectivity index (χ1v) is 10.3. The Hall–Kier alpha value is -1.95. The normalized spacial score (nSPS) is 12.3. The average Bonchev–Trinajstić information content (AvgIpc) is 2.96. The van der Waals surface area contributed by atoms with E-state index >= 15 is 0 Å². The maximum atomic E-state index is 12.8. The van der Waals surface area contributed by atoms with E-state index in [0.29, 0.717) is 10.7 Å². The minimum atomic E-state index is 0.0365. The summed E-state index contributed by atoms with van der Waals surface area (Å²) in [6, 6.07) is 2.41. The number of pyridine rings is 1. The molecule has 0 aliphatic rings. The van der Waals surface area contributed by atoms with Crippen LogP contribution in [-0.2, 0) is 0 Å². The number of hydrogen-bond acceptors (Lipinski definition) is 5. The van der Waals surface area contributed by atoms with Gasteiger partial charge in [0, 0.05) is 24.0 Å². The molecular weight excluding hydrogens is 344 g/mol. The Kier molecular flexibility index (Phi) is 7.14. The van der Waals surface area contributed by atoms with Gasteiger partial charge in [-0.25, -0.2) is 9.97 Å². The van der Waals surface area contributed by atoms with Gasteiger partial charge in [-0.2, -0.15) is 0 Å². The second kappa shape index (κ2) is 9.12. The zero-order chi connectivity index (χ0) is 19.3. The summed E-state index contributed by atoms with van der Waals surface area (Å²) in [6.45, 7) is 12.6. The molecule has 0 spiro atoms. The number of nitrogens with zero attached hydrogens (tertiary/aromatic N) is 3. The van der Waals surface area contributed by atoms with Gasteiger partial charge < -0.3 is 5.32 Å². The summed E-state index contributed by atoms with van der Waals surface area (Å²) in [7, 11) is 0. The van der Waals surface area contributed by atoms with Crippen molar-refractivity contribution < 1.29 is 0 Å². The molecule has 142 valence electrons. The smallest absolute Gasteiger partial charge is 0.271 e. The van der Waals surface area contributed by atoms with Crippen LogP contribution in [0.2, 0.25) is 0 Å². The van der Waals surface area contributed by atoms with Crippen LogP contribution in [0.5, 0.6) is 0 Å². The third-order valence-electron chi connectivity index (χ3n) is 3.93. The molecule has 0 radical (unpaired) electrons. The van der Waals surface area contributed by atoms with E-state index in [1.54, 1.807) is 17.1 Å². The van der Waals surface area contributed by atoms with Crippen molar-refractivity contribution >= 4 is 37.5 Å². The number of anilines is 1. The van der Waals surface area contributed by atoms with E-state index in [0.717, 1.165) is 34.3 Å². The average molecular weight is 375 g/mol. The SMILES string of the molecule is CCC.CCCC(C)n1cnc2c(sc3nccc(NC(C)C)c32)c1=O. The van der Waals surface area contributed by atoms with Crippen LogP contribution in [0.4, 0.5) is 5.69 Å². The molecule has 1 unspecified atom stereocenters. The zero-order valence-electron chi connectivity index (χ0n) is 16.7. The van der Waals surface area contributed by atoms with Gasteiger partial charge in [-0.05, 0) is 33.3 Å². The Morgan fingerprint density at radius 3 is 2.50 bits per heavy atom. The molecule has 5 nitrogen and oxygen atoms in total. The van der Waals surface area contributed by atoms with Crippen molar-refractivity contribution in [1.82, 2.24) is 14.5 Å². The standard InChI is InChI=1S/C17H22N4OS.C3H8/c1-5-6-11(4)21-9-19-14-13-12(20-10(2)3)7-8-18-16(13)23-15(14)17(21)22;1-3-2/h7-11H,5-6H2,1-4H3,(H,18,20);3H2,1-2H3. The maximum Gasteiger partial charge on any atom is 0.271 e.